The van der Waals surface area contributed by atoms with Crippen LogP contribution in [0.4, 0.5) is 26.3 Å². The smallest absolute Gasteiger partial charge is 0.343 e. The highest BCUT2D eigenvalue weighted by molar-refractivity contribution is 5.91. The molecule has 0 aliphatic heterocycles. The van der Waals surface area contributed by atoms with E-state index >= 15 is 0 Å². The van der Waals surface area contributed by atoms with Gasteiger partial charge in [-0.15, -0.1) is 0 Å². The van der Waals surface area contributed by atoms with E-state index in [9.17, 15) is 31.1 Å². The number of esters is 1. The van der Waals surface area contributed by atoms with Gasteiger partial charge in [0.15, 0.2) is 29.0 Å². The zero-order valence-corrected chi connectivity index (χ0v) is 19.8. The number of hydrogen-bond acceptors (Lipinski definition) is 3. The van der Waals surface area contributed by atoms with E-state index in [1.165, 1.54) is 24.3 Å². The first-order chi connectivity index (χ1) is 17.7. The second-order valence-electron chi connectivity index (χ2n) is 8.02. The molecule has 0 saturated carbocycles. The predicted molar refractivity (Wildman–Crippen MR) is 124 cm³/mol. The van der Waals surface area contributed by atoms with Crippen molar-refractivity contribution in [3.05, 3.63) is 94.1 Å². The highest BCUT2D eigenvalue weighted by Crippen LogP contribution is 2.30. The van der Waals surface area contributed by atoms with Crippen molar-refractivity contribution in [1.29, 1.82) is 0 Å². The Morgan fingerprint density at radius 2 is 1.41 bits per heavy atom. The molecule has 0 unspecified atom stereocenters. The fourth-order valence-corrected chi connectivity index (χ4v) is 3.26. The summed E-state index contributed by atoms with van der Waals surface area (Å²) in [7, 11) is 0. The van der Waals surface area contributed by atoms with Gasteiger partial charge in [-0.05, 0) is 48.9 Å². The molecule has 0 amide bonds. The average Bonchev–Trinajstić information content (AvgIpc) is 2.89. The molecule has 0 atom stereocenters. The summed E-state index contributed by atoms with van der Waals surface area (Å²) < 4.78 is 93.9. The molecule has 37 heavy (non-hydrogen) atoms. The number of rotatable bonds is 9. The third kappa shape index (κ3) is 7.06. The van der Waals surface area contributed by atoms with Crippen molar-refractivity contribution >= 4 is 5.97 Å². The number of unbranched alkanes of at least 4 members (excludes halogenated alkanes) is 4. The first-order valence-electron chi connectivity index (χ1n) is 11.5. The molecule has 0 spiro atoms. The average molecular weight is 520 g/mol. The van der Waals surface area contributed by atoms with E-state index < -0.39 is 52.2 Å². The van der Waals surface area contributed by atoms with E-state index in [2.05, 4.69) is 11.8 Å². The van der Waals surface area contributed by atoms with E-state index in [4.69, 9.17) is 9.47 Å². The van der Waals surface area contributed by atoms with Crippen LogP contribution in [-0.4, -0.2) is 12.6 Å². The monoisotopic (exact) mass is 520 g/mol. The molecule has 9 heteroatoms. The third-order valence-electron chi connectivity index (χ3n) is 5.27. The van der Waals surface area contributed by atoms with Crippen LogP contribution < -0.4 is 9.47 Å². The van der Waals surface area contributed by atoms with Crippen LogP contribution in [0.1, 0.15) is 60.5 Å². The van der Waals surface area contributed by atoms with Gasteiger partial charge in [0.2, 0.25) is 11.6 Å². The first kappa shape index (κ1) is 27.7. The summed E-state index contributed by atoms with van der Waals surface area (Å²) in [6.45, 7) is 1.94. The number of carbonyl (C=O) groups excluding carboxylic acids is 1. The predicted octanol–water partition coefficient (Wildman–Crippen LogP) is 7.49. The van der Waals surface area contributed by atoms with Crippen LogP contribution in [0.25, 0.3) is 0 Å². The van der Waals surface area contributed by atoms with Crippen molar-refractivity contribution in [2.45, 2.75) is 39.0 Å². The maximum Gasteiger partial charge on any atom is 0.343 e. The van der Waals surface area contributed by atoms with Gasteiger partial charge in [-0.2, -0.15) is 8.78 Å². The van der Waals surface area contributed by atoms with Gasteiger partial charge in [0, 0.05) is 5.56 Å². The number of halogens is 6. The van der Waals surface area contributed by atoms with Crippen molar-refractivity contribution in [2.75, 3.05) is 6.61 Å². The second kappa shape index (κ2) is 12.9. The van der Waals surface area contributed by atoms with Crippen molar-refractivity contribution in [2.24, 2.45) is 0 Å². The van der Waals surface area contributed by atoms with Crippen LogP contribution in [0.5, 0.6) is 11.5 Å². The number of hydrogen-bond donors (Lipinski definition) is 0. The molecule has 194 valence electrons. The topological polar surface area (TPSA) is 35.5 Å². The van der Waals surface area contributed by atoms with Gasteiger partial charge < -0.3 is 9.47 Å². The molecule has 3 rings (SSSR count). The lowest BCUT2D eigenvalue weighted by Gasteiger charge is -2.11. The Hall–Kier alpha value is -3.93. The van der Waals surface area contributed by atoms with E-state index in [0.29, 0.717) is 12.5 Å². The molecule has 0 aliphatic rings. The first-order valence-corrected chi connectivity index (χ1v) is 11.5. The second-order valence-corrected chi connectivity index (χ2v) is 8.02. The largest absolute Gasteiger partial charge is 0.487 e. The maximum absolute atomic E-state index is 14.4. The van der Waals surface area contributed by atoms with Crippen LogP contribution in [0.15, 0.2) is 42.5 Å². The van der Waals surface area contributed by atoms with E-state index in [1.54, 1.807) is 0 Å². The van der Waals surface area contributed by atoms with Gasteiger partial charge in [-0.25, -0.2) is 22.4 Å². The molecule has 3 aromatic carbocycles. The van der Waals surface area contributed by atoms with Gasteiger partial charge >= 0.3 is 5.97 Å². The van der Waals surface area contributed by atoms with Crippen molar-refractivity contribution in [3.8, 4) is 23.3 Å². The number of carbonyl (C=O) groups is 1. The Bertz CT molecular complexity index is 1300. The lowest BCUT2D eigenvalue weighted by Crippen LogP contribution is -2.09. The van der Waals surface area contributed by atoms with Crippen LogP contribution in [0.3, 0.4) is 0 Å². The minimum Gasteiger partial charge on any atom is -0.487 e. The van der Waals surface area contributed by atoms with Crippen LogP contribution in [0, 0.1) is 46.7 Å². The van der Waals surface area contributed by atoms with Crippen LogP contribution in [-0.2, 0) is 0 Å². The summed E-state index contributed by atoms with van der Waals surface area (Å²) in [6.07, 6.45) is 4.18. The van der Waals surface area contributed by atoms with Crippen LogP contribution in [0.2, 0.25) is 0 Å². The molecule has 0 N–H and O–H groups in total. The molecule has 3 nitrogen and oxygen atoms in total. The quantitative estimate of drug-likeness (QED) is 0.0733. The zero-order valence-electron chi connectivity index (χ0n) is 19.8. The number of benzene rings is 3. The Morgan fingerprint density at radius 1 is 0.757 bits per heavy atom. The Kier molecular flexibility index (Phi) is 9.61. The van der Waals surface area contributed by atoms with E-state index in [0.717, 1.165) is 37.8 Å². The van der Waals surface area contributed by atoms with Crippen LogP contribution >= 0.6 is 0 Å². The number of ether oxygens (including phenoxy) is 2. The SMILES string of the molecule is CCCCCCCOc1c(F)c(F)c(C#Cc2ccc(OC(=O)c3ccc(F)c(F)c3)cc2)c(F)c1F. The van der Waals surface area contributed by atoms with Gasteiger partial charge in [0.1, 0.15) is 11.3 Å². The summed E-state index contributed by atoms with van der Waals surface area (Å²) in [4.78, 5) is 12.1. The fourth-order valence-electron chi connectivity index (χ4n) is 3.26. The molecule has 0 radical (unpaired) electrons. The maximum atomic E-state index is 14.4. The van der Waals surface area contributed by atoms with Gasteiger partial charge in [0.25, 0.3) is 0 Å². The molecule has 0 saturated heterocycles. The molecule has 0 heterocycles. The summed E-state index contributed by atoms with van der Waals surface area (Å²) in [5, 5.41) is 0. The van der Waals surface area contributed by atoms with Crippen molar-refractivity contribution in [3.63, 3.8) is 0 Å². The third-order valence-corrected chi connectivity index (χ3v) is 5.27. The summed E-state index contributed by atoms with van der Waals surface area (Å²) in [5.74, 6) is -6.62. The highest BCUT2D eigenvalue weighted by Gasteiger charge is 2.26. The molecule has 0 aliphatic carbocycles. The summed E-state index contributed by atoms with van der Waals surface area (Å²) >= 11 is 0. The minimum atomic E-state index is -1.68. The fraction of sp³-hybridized carbons (Fsp3) is 0.250. The Morgan fingerprint density at radius 3 is 2.03 bits per heavy atom. The zero-order chi connectivity index (χ0) is 26.9. The summed E-state index contributed by atoms with van der Waals surface area (Å²) in [5.41, 5.74) is -1.14. The molecule has 0 fully saturated rings. The molecule has 0 aromatic heterocycles. The molecule has 3 aromatic rings. The molecule has 0 bridgehead atoms. The van der Waals surface area contributed by atoms with Gasteiger partial charge in [0.05, 0.1) is 12.2 Å². The normalized spacial score (nSPS) is 10.6. The lowest BCUT2D eigenvalue weighted by atomic mass is 10.1. The van der Waals surface area contributed by atoms with E-state index in [1.807, 2.05) is 6.92 Å². The van der Waals surface area contributed by atoms with Crippen molar-refractivity contribution in [1.82, 2.24) is 0 Å². The standard InChI is InChI=1S/C28H22F6O3/c1-2-3-4-5-6-15-36-27-25(33)23(31)20(24(32)26(27)34)13-9-17-7-11-19(12-8-17)37-28(35)18-10-14-21(29)22(30)16-18/h7-8,10-12,14,16H,2-6,15H2,1H3. The molecular weight excluding hydrogens is 498 g/mol. The van der Waals surface area contributed by atoms with E-state index in [-0.39, 0.29) is 23.5 Å². The molecular formula is C28H22F6O3. The Balaban J connectivity index is 1.70. The highest BCUT2D eigenvalue weighted by atomic mass is 19.2. The minimum absolute atomic E-state index is 0.0194. The lowest BCUT2D eigenvalue weighted by molar-refractivity contribution is 0.0734. The van der Waals surface area contributed by atoms with Gasteiger partial charge in [-0.3, -0.25) is 0 Å². The van der Waals surface area contributed by atoms with Crippen molar-refractivity contribution < 1.29 is 40.6 Å². The van der Waals surface area contributed by atoms with Gasteiger partial charge in [-0.1, -0.05) is 44.4 Å². The Labute approximate surface area is 210 Å². The summed E-state index contributed by atoms with van der Waals surface area (Å²) in [6, 6.07) is 7.72.